The van der Waals surface area contributed by atoms with Gasteiger partial charge in [0.15, 0.2) is 5.78 Å². The molecule has 14 heavy (non-hydrogen) atoms. The largest absolute Gasteiger partial charge is 0.393 e. The van der Waals surface area contributed by atoms with Crippen LogP contribution in [0, 0.1) is 17.0 Å². The van der Waals surface area contributed by atoms with E-state index in [9.17, 15) is 14.9 Å². The number of carbonyl (C=O) groups excluding carboxylic acids is 1. The minimum atomic E-state index is -0.596. The predicted octanol–water partition coefficient (Wildman–Crippen LogP) is 1.69. The monoisotopic (exact) mass is 194 g/mol. The highest BCUT2D eigenvalue weighted by molar-refractivity contribution is 5.97. The molecule has 0 spiro atoms. The van der Waals surface area contributed by atoms with Crippen LogP contribution in [0.15, 0.2) is 12.1 Å². The molecule has 0 bridgehead atoms. The smallest absolute Gasteiger partial charge is 0.292 e. The molecule has 1 rings (SSSR count). The highest BCUT2D eigenvalue weighted by Crippen LogP contribution is 2.25. The number of nitrogens with zero attached hydrogens (tertiary/aromatic N) is 1. The van der Waals surface area contributed by atoms with E-state index >= 15 is 0 Å². The summed E-state index contributed by atoms with van der Waals surface area (Å²) in [7, 11) is 0. The molecule has 5 nitrogen and oxygen atoms in total. The molecule has 0 aliphatic carbocycles. The van der Waals surface area contributed by atoms with Crippen LogP contribution in [-0.4, -0.2) is 10.7 Å². The van der Waals surface area contributed by atoms with Gasteiger partial charge in [0, 0.05) is 11.6 Å². The van der Waals surface area contributed by atoms with Crippen molar-refractivity contribution in [2.75, 3.05) is 5.73 Å². The number of Topliss-reactive ketones (excluding diaryl/α,β-unsaturated/α-hetero) is 1. The number of rotatable bonds is 2. The molecule has 0 unspecified atom stereocenters. The molecule has 0 saturated heterocycles. The van der Waals surface area contributed by atoms with Crippen LogP contribution >= 0.6 is 0 Å². The van der Waals surface area contributed by atoms with Gasteiger partial charge in [0.1, 0.15) is 5.69 Å². The molecule has 74 valence electrons. The van der Waals surface area contributed by atoms with Crippen LogP contribution in [-0.2, 0) is 0 Å². The van der Waals surface area contributed by atoms with Crippen molar-refractivity contribution in [2.45, 2.75) is 13.8 Å². The van der Waals surface area contributed by atoms with Gasteiger partial charge in [-0.1, -0.05) is 0 Å². The molecular weight excluding hydrogens is 184 g/mol. The fraction of sp³-hybridized carbons (Fsp3) is 0.222. The summed E-state index contributed by atoms with van der Waals surface area (Å²) in [6, 6.07) is 2.65. The molecule has 0 atom stereocenters. The fourth-order valence-electron chi connectivity index (χ4n) is 1.26. The molecule has 2 N–H and O–H groups in total. The summed E-state index contributed by atoms with van der Waals surface area (Å²) in [6.07, 6.45) is 0. The van der Waals surface area contributed by atoms with Gasteiger partial charge in [-0.2, -0.15) is 0 Å². The molecule has 0 saturated carbocycles. The van der Waals surface area contributed by atoms with Crippen LogP contribution in [0.3, 0.4) is 0 Å². The molecule has 0 heterocycles. The zero-order valence-electron chi connectivity index (χ0n) is 7.90. The lowest BCUT2D eigenvalue weighted by Gasteiger charge is -2.03. The Kier molecular flexibility index (Phi) is 2.51. The molecule has 1 aromatic carbocycles. The first kappa shape index (κ1) is 10.2. The van der Waals surface area contributed by atoms with Crippen molar-refractivity contribution < 1.29 is 9.72 Å². The van der Waals surface area contributed by atoms with Crippen molar-refractivity contribution in [3.05, 3.63) is 33.4 Å². The van der Waals surface area contributed by atoms with Gasteiger partial charge < -0.3 is 5.73 Å². The second kappa shape index (κ2) is 3.45. The number of anilines is 1. The molecule has 0 fully saturated rings. The molecule has 0 aromatic heterocycles. The van der Waals surface area contributed by atoms with E-state index in [1.807, 2.05) is 0 Å². The highest BCUT2D eigenvalue weighted by Gasteiger charge is 2.16. The van der Waals surface area contributed by atoms with E-state index < -0.39 is 4.92 Å². The van der Waals surface area contributed by atoms with E-state index in [2.05, 4.69) is 0 Å². The van der Waals surface area contributed by atoms with E-state index in [-0.39, 0.29) is 17.2 Å². The summed E-state index contributed by atoms with van der Waals surface area (Å²) >= 11 is 0. The topological polar surface area (TPSA) is 86.2 Å². The van der Waals surface area contributed by atoms with E-state index in [0.29, 0.717) is 11.1 Å². The third-order valence-electron chi connectivity index (χ3n) is 1.95. The fourth-order valence-corrected chi connectivity index (χ4v) is 1.26. The zero-order valence-corrected chi connectivity index (χ0v) is 7.90. The number of nitrogens with two attached hydrogens (primary N) is 1. The zero-order chi connectivity index (χ0) is 10.9. The van der Waals surface area contributed by atoms with Crippen molar-refractivity contribution in [3.63, 3.8) is 0 Å². The number of hydrogen-bond acceptors (Lipinski definition) is 4. The summed E-state index contributed by atoms with van der Waals surface area (Å²) in [5, 5.41) is 10.5. The summed E-state index contributed by atoms with van der Waals surface area (Å²) in [4.78, 5) is 21.0. The Morgan fingerprint density at radius 3 is 2.50 bits per heavy atom. The van der Waals surface area contributed by atoms with Gasteiger partial charge in [0.25, 0.3) is 5.69 Å². The Bertz CT molecular complexity index is 378. The van der Waals surface area contributed by atoms with Gasteiger partial charge in [0.2, 0.25) is 0 Å². The Morgan fingerprint density at radius 1 is 1.50 bits per heavy atom. The third-order valence-corrected chi connectivity index (χ3v) is 1.95. The predicted molar refractivity (Wildman–Crippen MR) is 52.3 cm³/mol. The average Bonchev–Trinajstić information content (AvgIpc) is 2.02. The van der Waals surface area contributed by atoms with E-state index in [1.54, 1.807) is 6.92 Å². The van der Waals surface area contributed by atoms with Gasteiger partial charge in [-0.3, -0.25) is 14.9 Å². The van der Waals surface area contributed by atoms with Crippen LogP contribution in [0.1, 0.15) is 22.8 Å². The first-order valence-corrected chi connectivity index (χ1v) is 3.99. The lowest BCUT2D eigenvalue weighted by atomic mass is 10.0. The maximum absolute atomic E-state index is 11.1. The van der Waals surface area contributed by atoms with Crippen molar-refractivity contribution >= 4 is 17.2 Å². The standard InChI is InChI=1S/C9H10N2O3/c1-5-3-8(10)9(11(13)14)4-7(5)6(2)12/h3-4H,10H2,1-2H3. The molecule has 5 heteroatoms. The van der Waals surface area contributed by atoms with Gasteiger partial charge in [-0.05, 0) is 25.5 Å². The first-order chi connectivity index (χ1) is 6.43. The number of nitro groups is 1. The summed E-state index contributed by atoms with van der Waals surface area (Å²) in [5.41, 5.74) is 6.29. The molecule has 1 aromatic rings. The van der Waals surface area contributed by atoms with Crippen molar-refractivity contribution in [1.82, 2.24) is 0 Å². The Morgan fingerprint density at radius 2 is 2.07 bits per heavy atom. The lowest BCUT2D eigenvalue weighted by molar-refractivity contribution is -0.383. The second-order valence-electron chi connectivity index (χ2n) is 3.04. The van der Waals surface area contributed by atoms with Crippen LogP contribution in [0.4, 0.5) is 11.4 Å². The highest BCUT2D eigenvalue weighted by atomic mass is 16.6. The molecular formula is C9H10N2O3. The van der Waals surface area contributed by atoms with Gasteiger partial charge in [0.05, 0.1) is 4.92 Å². The average molecular weight is 194 g/mol. The van der Waals surface area contributed by atoms with E-state index in [0.717, 1.165) is 0 Å². The SMILES string of the molecule is CC(=O)c1cc([N+](=O)[O-])c(N)cc1C. The summed E-state index contributed by atoms with van der Waals surface area (Å²) < 4.78 is 0. The van der Waals surface area contributed by atoms with Crippen LogP contribution < -0.4 is 5.73 Å². The van der Waals surface area contributed by atoms with Crippen LogP contribution in [0.2, 0.25) is 0 Å². The van der Waals surface area contributed by atoms with Gasteiger partial charge in [-0.25, -0.2) is 0 Å². The minimum Gasteiger partial charge on any atom is -0.393 e. The summed E-state index contributed by atoms with van der Waals surface area (Å²) in [5.74, 6) is -0.203. The number of nitro benzene ring substituents is 1. The quantitative estimate of drug-likeness (QED) is 0.336. The van der Waals surface area contributed by atoms with E-state index in [1.165, 1.54) is 19.1 Å². The maximum Gasteiger partial charge on any atom is 0.292 e. The Labute approximate surface area is 80.7 Å². The normalized spacial score (nSPS) is 9.86. The van der Waals surface area contributed by atoms with Crippen molar-refractivity contribution in [1.29, 1.82) is 0 Å². The molecule has 0 radical (unpaired) electrons. The van der Waals surface area contributed by atoms with Gasteiger partial charge >= 0.3 is 0 Å². The third kappa shape index (κ3) is 1.71. The number of ketones is 1. The first-order valence-electron chi connectivity index (χ1n) is 3.99. The van der Waals surface area contributed by atoms with Crippen LogP contribution in [0.5, 0.6) is 0 Å². The number of benzene rings is 1. The Hall–Kier alpha value is -1.91. The van der Waals surface area contributed by atoms with Gasteiger partial charge in [-0.15, -0.1) is 0 Å². The Balaban J connectivity index is 3.42. The number of carbonyl (C=O) groups is 1. The number of nitrogen functional groups attached to an aromatic ring is 1. The minimum absolute atomic E-state index is 0.0810. The molecule has 0 aliphatic heterocycles. The van der Waals surface area contributed by atoms with E-state index in [4.69, 9.17) is 5.73 Å². The van der Waals surface area contributed by atoms with Crippen molar-refractivity contribution in [2.24, 2.45) is 0 Å². The summed E-state index contributed by atoms with van der Waals surface area (Å²) in [6.45, 7) is 3.05. The van der Waals surface area contributed by atoms with Crippen LogP contribution in [0.25, 0.3) is 0 Å². The second-order valence-corrected chi connectivity index (χ2v) is 3.04. The molecule has 0 aliphatic rings. The number of aryl methyl sites for hydroxylation is 1. The molecule has 0 amide bonds. The lowest BCUT2D eigenvalue weighted by Crippen LogP contribution is -2.02. The maximum atomic E-state index is 11.1. The van der Waals surface area contributed by atoms with Crippen molar-refractivity contribution in [3.8, 4) is 0 Å². The number of hydrogen-bond donors (Lipinski definition) is 1.